The summed E-state index contributed by atoms with van der Waals surface area (Å²) in [5.41, 5.74) is 0.287. The minimum absolute atomic E-state index is 0.0101. The van der Waals surface area contributed by atoms with Gasteiger partial charge in [0.2, 0.25) is 5.91 Å². The van der Waals surface area contributed by atoms with E-state index in [0.29, 0.717) is 31.5 Å². The second-order valence-corrected chi connectivity index (χ2v) is 7.61. The quantitative estimate of drug-likeness (QED) is 0.828. The largest absolute Gasteiger partial charge is 0.396 e. The summed E-state index contributed by atoms with van der Waals surface area (Å²) in [4.78, 5) is 19.3. The van der Waals surface area contributed by atoms with Gasteiger partial charge in [-0.05, 0) is 42.0 Å². The van der Waals surface area contributed by atoms with Gasteiger partial charge in [-0.3, -0.25) is 9.78 Å². The second-order valence-electron chi connectivity index (χ2n) is 7.61. The first kappa shape index (κ1) is 18.5. The molecule has 0 bridgehead atoms. The van der Waals surface area contributed by atoms with Crippen molar-refractivity contribution in [2.75, 3.05) is 13.2 Å². The minimum atomic E-state index is -0.846. The predicted molar refractivity (Wildman–Crippen MR) is 97.8 cm³/mol. The fourth-order valence-corrected chi connectivity index (χ4v) is 3.86. The van der Waals surface area contributed by atoms with Gasteiger partial charge in [-0.25, -0.2) is 4.39 Å². The Bertz CT molecular complexity index is 779. The van der Waals surface area contributed by atoms with Crippen molar-refractivity contribution in [3.8, 4) is 0 Å². The number of carbonyl (C=O) groups is 1. The maximum atomic E-state index is 14.6. The van der Waals surface area contributed by atoms with E-state index in [-0.39, 0.29) is 23.7 Å². The molecule has 4 nitrogen and oxygen atoms in total. The van der Waals surface area contributed by atoms with Crippen LogP contribution in [0.3, 0.4) is 0 Å². The third kappa shape index (κ3) is 3.23. The van der Waals surface area contributed by atoms with Crippen LogP contribution in [0.25, 0.3) is 0 Å². The van der Waals surface area contributed by atoms with Crippen LogP contribution in [0.4, 0.5) is 4.39 Å². The van der Waals surface area contributed by atoms with E-state index in [9.17, 15) is 14.3 Å². The first-order chi connectivity index (χ1) is 12.4. The lowest BCUT2D eigenvalue weighted by atomic mass is 9.86. The zero-order valence-electron chi connectivity index (χ0n) is 15.3. The molecule has 1 saturated carbocycles. The van der Waals surface area contributed by atoms with E-state index in [1.807, 2.05) is 26.0 Å². The number of amides is 1. The molecule has 0 radical (unpaired) electrons. The number of hydrogen-bond acceptors (Lipinski definition) is 3. The highest BCUT2D eigenvalue weighted by molar-refractivity contribution is 5.93. The lowest BCUT2D eigenvalue weighted by molar-refractivity contribution is -0.135. The van der Waals surface area contributed by atoms with Crippen LogP contribution in [0.15, 0.2) is 48.8 Å². The number of aliphatic hydroxyl groups excluding tert-OH is 1. The Balaban J connectivity index is 1.95. The summed E-state index contributed by atoms with van der Waals surface area (Å²) in [5, 5.41) is 9.24. The van der Waals surface area contributed by atoms with E-state index in [1.54, 1.807) is 35.5 Å². The van der Waals surface area contributed by atoms with Crippen LogP contribution >= 0.6 is 0 Å². The van der Waals surface area contributed by atoms with Gasteiger partial charge < -0.3 is 10.0 Å². The Hall–Kier alpha value is -2.27. The second kappa shape index (κ2) is 7.16. The third-order valence-corrected chi connectivity index (χ3v) is 5.43. The zero-order valence-corrected chi connectivity index (χ0v) is 15.3. The van der Waals surface area contributed by atoms with Crippen LogP contribution in [0.2, 0.25) is 0 Å². The van der Waals surface area contributed by atoms with Crippen LogP contribution in [0.1, 0.15) is 37.8 Å². The molecule has 138 valence electrons. The maximum absolute atomic E-state index is 14.6. The van der Waals surface area contributed by atoms with Crippen molar-refractivity contribution >= 4 is 5.91 Å². The molecule has 1 amide bonds. The van der Waals surface area contributed by atoms with E-state index in [2.05, 4.69) is 4.98 Å². The number of carbonyl (C=O) groups excluding carboxylic acids is 1. The van der Waals surface area contributed by atoms with Crippen LogP contribution in [0, 0.1) is 11.2 Å². The number of aromatic nitrogens is 1. The number of benzene rings is 1. The predicted octanol–water partition coefficient (Wildman–Crippen LogP) is 3.30. The van der Waals surface area contributed by atoms with Gasteiger partial charge >= 0.3 is 0 Å². The molecule has 1 aliphatic rings. The summed E-state index contributed by atoms with van der Waals surface area (Å²) < 4.78 is 14.6. The number of hydrogen-bond donors (Lipinski definition) is 1. The zero-order chi connectivity index (χ0) is 18.8. The summed E-state index contributed by atoms with van der Waals surface area (Å²) >= 11 is 0. The van der Waals surface area contributed by atoms with Crippen molar-refractivity contribution in [1.29, 1.82) is 0 Å². The molecule has 1 unspecified atom stereocenters. The Labute approximate surface area is 153 Å². The highest BCUT2D eigenvalue weighted by atomic mass is 19.1. The number of halogens is 1. The molecule has 1 N–H and O–H groups in total. The van der Waals surface area contributed by atoms with Crippen LogP contribution in [-0.4, -0.2) is 34.0 Å². The van der Waals surface area contributed by atoms with Gasteiger partial charge in [0, 0.05) is 37.7 Å². The number of rotatable bonds is 7. The fraction of sp³-hybridized carbons (Fsp3) is 0.429. The molecule has 1 aromatic carbocycles. The first-order valence-electron chi connectivity index (χ1n) is 8.96. The molecule has 0 aliphatic heterocycles. The molecule has 1 fully saturated rings. The molecule has 1 aromatic heterocycles. The maximum Gasteiger partial charge on any atom is 0.234 e. The SMILES string of the molecule is CC1(C)CC1(C(=O)N(CCCO)Cc1ccncc1)c1ccccc1F. The highest BCUT2D eigenvalue weighted by Crippen LogP contribution is 2.65. The molecule has 1 heterocycles. The smallest absolute Gasteiger partial charge is 0.234 e. The van der Waals surface area contributed by atoms with Crippen molar-refractivity contribution in [1.82, 2.24) is 9.88 Å². The average molecular weight is 356 g/mol. The Kier molecular flexibility index (Phi) is 5.10. The third-order valence-electron chi connectivity index (χ3n) is 5.43. The molecule has 2 aromatic rings. The molecular weight excluding hydrogens is 331 g/mol. The number of aliphatic hydroxyl groups is 1. The fourth-order valence-electron chi connectivity index (χ4n) is 3.86. The summed E-state index contributed by atoms with van der Waals surface area (Å²) in [7, 11) is 0. The normalized spacial score (nSPS) is 20.6. The van der Waals surface area contributed by atoms with E-state index >= 15 is 0 Å². The van der Waals surface area contributed by atoms with Gasteiger partial charge in [-0.1, -0.05) is 32.0 Å². The number of nitrogens with zero attached hydrogens (tertiary/aromatic N) is 2. The summed E-state index contributed by atoms with van der Waals surface area (Å²) in [6, 6.07) is 10.3. The van der Waals surface area contributed by atoms with Gasteiger partial charge in [0.15, 0.2) is 0 Å². The topological polar surface area (TPSA) is 53.4 Å². The van der Waals surface area contributed by atoms with Crippen molar-refractivity contribution < 1.29 is 14.3 Å². The lowest BCUT2D eigenvalue weighted by Gasteiger charge is -2.30. The minimum Gasteiger partial charge on any atom is -0.396 e. The van der Waals surface area contributed by atoms with Gasteiger partial charge in [0.25, 0.3) is 0 Å². The van der Waals surface area contributed by atoms with Gasteiger partial charge in [-0.15, -0.1) is 0 Å². The summed E-state index contributed by atoms with van der Waals surface area (Å²) in [5.74, 6) is -0.407. The standard InChI is InChI=1S/C21H25FN2O2/c1-20(2)15-21(20,17-6-3-4-7-18(17)22)19(26)24(12-5-13-25)14-16-8-10-23-11-9-16/h3-4,6-11,25H,5,12-15H2,1-2H3. The molecule has 3 rings (SSSR count). The van der Waals surface area contributed by atoms with Crippen LogP contribution < -0.4 is 0 Å². The van der Waals surface area contributed by atoms with E-state index in [1.165, 1.54) is 6.07 Å². The van der Waals surface area contributed by atoms with Crippen LogP contribution in [-0.2, 0) is 16.8 Å². The number of pyridine rings is 1. The summed E-state index contributed by atoms with van der Waals surface area (Å²) in [6.45, 7) is 4.88. The van der Waals surface area contributed by atoms with Gasteiger partial charge in [0.05, 0.1) is 5.41 Å². The molecule has 1 aliphatic carbocycles. The summed E-state index contributed by atoms with van der Waals surface area (Å²) in [6.07, 6.45) is 4.49. The van der Waals surface area contributed by atoms with Crippen molar-refractivity contribution in [3.05, 3.63) is 65.7 Å². The first-order valence-corrected chi connectivity index (χ1v) is 8.96. The molecule has 1 atom stereocenters. The molecular formula is C21H25FN2O2. The van der Waals surface area contributed by atoms with Crippen molar-refractivity contribution in [3.63, 3.8) is 0 Å². The monoisotopic (exact) mass is 356 g/mol. The van der Waals surface area contributed by atoms with Crippen LogP contribution in [0.5, 0.6) is 0 Å². The molecule has 0 saturated heterocycles. The Morgan fingerprint density at radius 3 is 2.46 bits per heavy atom. The molecule has 0 spiro atoms. The van der Waals surface area contributed by atoms with E-state index < -0.39 is 5.41 Å². The Morgan fingerprint density at radius 1 is 1.23 bits per heavy atom. The Morgan fingerprint density at radius 2 is 1.88 bits per heavy atom. The van der Waals surface area contributed by atoms with Crippen molar-refractivity contribution in [2.45, 2.75) is 38.6 Å². The van der Waals surface area contributed by atoms with E-state index in [0.717, 1.165) is 5.56 Å². The highest BCUT2D eigenvalue weighted by Gasteiger charge is 2.68. The average Bonchev–Trinajstić information content (AvgIpc) is 3.22. The molecule has 26 heavy (non-hydrogen) atoms. The van der Waals surface area contributed by atoms with E-state index in [4.69, 9.17) is 0 Å². The molecule has 5 heteroatoms. The van der Waals surface area contributed by atoms with Crippen molar-refractivity contribution in [2.24, 2.45) is 5.41 Å². The van der Waals surface area contributed by atoms with Gasteiger partial charge in [-0.2, -0.15) is 0 Å². The van der Waals surface area contributed by atoms with Gasteiger partial charge in [0.1, 0.15) is 5.82 Å². The lowest BCUT2D eigenvalue weighted by Crippen LogP contribution is -2.42.